The Morgan fingerprint density at radius 2 is 1.93 bits per heavy atom. The summed E-state index contributed by atoms with van der Waals surface area (Å²) in [6.45, 7) is 5.93. The van der Waals surface area contributed by atoms with Crippen LogP contribution in [-0.2, 0) is 4.79 Å². The maximum absolute atomic E-state index is 13.4. The lowest BCUT2D eigenvalue weighted by Crippen LogP contribution is -2.27. The lowest BCUT2D eigenvalue weighted by atomic mass is 9.98. The van der Waals surface area contributed by atoms with Gasteiger partial charge in [0, 0.05) is 22.8 Å². The molecule has 0 aromatic heterocycles. The molecule has 142 valence electrons. The summed E-state index contributed by atoms with van der Waals surface area (Å²) in [6, 6.07) is 10.7. The first-order valence-corrected chi connectivity index (χ1v) is 9.01. The number of anilines is 1. The second-order valence-electron chi connectivity index (χ2n) is 6.01. The van der Waals surface area contributed by atoms with E-state index < -0.39 is 11.7 Å². The van der Waals surface area contributed by atoms with Crippen LogP contribution in [0, 0.1) is 11.7 Å². The van der Waals surface area contributed by atoms with Gasteiger partial charge in [0.05, 0.1) is 10.9 Å². The standard InChI is InChI=1S/C20H19Cl2FN2O2/c1-12(8-9-24-20(27)14-4-3-5-15(21)10-14)13(2)19(26)25-16-6-7-17(22)18(23)11-16/h3-7,10-11,13H,1,8-9H2,2H3,(H,24,27)(H,25,26). The molecule has 0 bridgehead atoms. The summed E-state index contributed by atoms with van der Waals surface area (Å²) in [4.78, 5) is 24.3. The Kier molecular flexibility index (Phi) is 7.39. The molecule has 0 fully saturated rings. The fourth-order valence-electron chi connectivity index (χ4n) is 2.29. The molecule has 0 heterocycles. The molecule has 2 amide bonds. The first-order valence-electron chi connectivity index (χ1n) is 8.25. The maximum Gasteiger partial charge on any atom is 0.251 e. The van der Waals surface area contributed by atoms with Crippen LogP contribution in [0.25, 0.3) is 0 Å². The Labute approximate surface area is 167 Å². The third-order valence-electron chi connectivity index (χ3n) is 4.01. The topological polar surface area (TPSA) is 58.2 Å². The average molecular weight is 409 g/mol. The van der Waals surface area contributed by atoms with E-state index in [1.807, 2.05) is 0 Å². The molecule has 1 unspecified atom stereocenters. The molecule has 2 N–H and O–H groups in total. The van der Waals surface area contributed by atoms with Crippen LogP contribution in [0.15, 0.2) is 54.6 Å². The van der Waals surface area contributed by atoms with Gasteiger partial charge in [-0.15, -0.1) is 0 Å². The number of hydrogen-bond acceptors (Lipinski definition) is 2. The molecule has 0 aliphatic carbocycles. The minimum atomic E-state index is -0.607. The summed E-state index contributed by atoms with van der Waals surface area (Å²) >= 11 is 11.5. The normalized spacial score (nSPS) is 11.6. The summed E-state index contributed by atoms with van der Waals surface area (Å²) in [5.74, 6) is -1.68. The van der Waals surface area contributed by atoms with Crippen molar-refractivity contribution < 1.29 is 14.0 Å². The van der Waals surface area contributed by atoms with Gasteiger partial charge in [0.2, 0.25) is 5.91 Å². The van der Waals surface area contributed by atoms with E-state index in [0.29, 0.717) is 34.8 Å². The summed E-state index contributed by atoms with van der Waals surface area (Å²) < 4.78 is 13.4. The average Bonchev–Trinajstić information content (AvgIpc) is 2.63. The minimum absolute atomic E-state index is 0.0131. The Bertz CT molecular complexity index is 871. The van der Waals surface area contributed by atoms with Crippen LogP contribution in [0.2, 0.25) is 10.0 Å². The van der Waals surface area contributed by atoms with Gasteiger partial charge >= 0.3 is 0 Å². The second kappa shape index (κ2) is 9.53. The van der Waals surface area contributed by atoms with E-state index in [-0.39, 0.29) is 16.8 Å². The van der Waals surface area contributed by atoms with E-state index in [2.05, 4.69) is 17.2 Å². The number of nitrogens with one attached hydrogen (secondary N) is 2. The lowest BCUT2D eigenvalue weighted by molar-refractivity contribution is -0.118. The number of amides is 2. The van der Waals surface area contributed by atoms with Crippen molar-refractivity contribution >= 4 is 40.7 Å². The predicted molar refractivity (Wildman–Crippen MR) is 107 cm³/mol. The molecule has 1 atom stereocenters. The van der Waals surface area contributed by atoms with Crippen molar-refractivity contribution in [3.05, 3.63) is 76.0 Å². The van der Waals surface area contributed by atoms with E-state index >= 15 is 0 Å². The van der Waals surface area contributed by atoms with Crippen LogP contribution in [-0.4, -0.2) is 18.4 Å². The van der Waals surface area contributed by atoms with Crippen LogP contribution < -0.4 is 10.6 Å². The largest absolute Gasteiger partial charge is 0.352 e. The molecule has 4 nitrogen and oxygen atoms in total. The quantitative estimate of drug-likeness (QED) is 0.627. The molecule has 0 aliphatic heterocycles. The van der Waals surface area contributed by atoms with E-state index in [9.17, 15) is 14.0 Å². The van der Waals surface area contributed by atoms with Gasteiger partial charge < -0.3 is 10.6 Å². The first-order chi connectivity index (χ1) is 12.8. The fraction of sp³-hybridized carbons (Fsp3) is 0.200. The highest BCUT2D eigenvalue weighted by Crippen LogP contribution is 2.20. The molecule has 0 saturated heterocycles. The second-order valence-corrected chi connectivity index (χ2v) is 6.86. The number of rotatable bonds is 7. The summed E-state index contributed by atoms with van der Waals surface area (Å²) in [5.41, 5.74) is 1.42. The van der Waals surface area contributed by atoms with Crippen LogP contribution in [0.1, 0.15) is 23.7 Å². The van der Waals surface area contributed by atoms with Gasteiger partial charge in [-0.25, -0.2) is 4.39 Å². The number of benzene rings is 2. The Balaban J connectivity index is 1.83. The molecule has 27 heavy (non-hydrogen) atoms. The fourth-order valence-corrected chi connectivity index (χ4v) is 2.60. The van der Waals surface area contributed by atoms with Gasteiger partial charge in [-0.1, -0.05) is 41.4 Å². The van der Waals surface area contributed by atoms with Crippen molar-refractivity contribution in [2.75, 3.05) is 11.9 Å². The molecular weight excluding hydrogens is 390 g/mol. The number of halogens is 3. The Morgan fingerprint density at radius 1 is 1.19 bits per heavy atom. The van der Waals surface area contributed by atoms with E-state index in [1.165, 1.54) is 12.1 Å². The summed E-state index contributed by atoms with van der Waals surface area (Å²) in [7, 11) is 0. The molecular formula is C20H19Cl2FN2O2. The summed E-state index contributed by atoms with van der Waals surface area (Å²) in [6.07, 6.45) is 0.426. The van der Waals surface area contributed by atoms with E-state index in [0.717, 1.165) is 6.07 Å². The lowest BCUT2D eigenvalue weighted by Gasteiger charge is -2.15. The first kappa shape index (κ1) is 20.9. The molecule has 0 saturated carbocycles. The molecule has 0 radical (unpaired) electrons. The highest BCUT2D eigenvalue weighted by Gasteiger charge is 2.17. The molecule has 0 aliphatic rings. The zero-order valence-electron chi connectivity index (χ0n) is 14.7. The Hall–Kier alpha value is -2.37. The van der Waals surface area contributed by atoms with Crippen molar-refractivity contribution in [1.29, 1.82) is 0 Å². The van der Waals surface area contributed by atoms with Crippen molar-refractivity contribution in [2.45, 2.75) is 13.3 Å². The predicted octanol–water partition coefficient (Wildman–Crippen LogP) is 5.08. The third kappa shape index (κ3) is 6.08. The molecule has 2 aromatic carbocycles. The van der Waals surface area contributed by atoms with Crippen LogP contribution in [0.5, 0.6) is 0 Å². The van der Waals surface area contributed by atoms with Crippen molar-refractivity contribution in [3.8, 4) is 0 Å². The highest BCUT2D eigenvalue weighted by atomic mass is 35.5. The zero-order chi connectivity index (χ0) is 20.0. The van der Waals surface area contributed by atoms with E-state index in [4.69, 9.17) is 23.2 Å². The SMILES string of the molecule is C=C(CCNC(=O)c1cccc(Cl)c1)C(C)C(=O)Nc1ccc(Cl)c(F)c1. The third-order valence-corrected chi connectivity index (χ3v) is 4.55. The highest BCUT2D eigenvalue weighted by molar-refractivity contribution is 6.31. The molecule has 0 spiro atoms. The van der Waals surface area contributed by atoms with Gasteiger partial charge in [-0.3, -0.25) is 9.59 Å². The smallest absolute Gasteiger partial charge is 0.251 e. The summed E-state index contributed by atoms with van der Waals surface area (Å²) in [5, 5.41) is 5.85. The van der Waals surface area contributed by atoms with Crippen molar-refractivity contribution in [2.24, 2.45) is 5.92 Å². The number of carbonyl (C=O) groups excluding carboxylic acids is 2. The molecule has 2 aromatic rings. The van der Waals surface area contributed by atoms with Gasteiger partial charge in [-0.2, -0.15) is 0 Å². The van der Waals surface area contributed by atoms with Gasteiger partial charge in [0.15, 0.2) is 0 Å². The van der Waals surface area contributed by atoms with Gasteiger partial charge in [0.1, 0.15) is 5.82 Å². The zero-order valence-corrected chi connectivity index (χ0v) is 16.2. The van der Waals surface area contributed by atoms with Crippen LogP contribution in [0.4, 0.5) is 10.1 Å². The van der Waals surface area contributed by atoms with E-state index in [1.54, 1.807) is 31.2 Å². The van der Waals surface area contributed by atoms with Crippen molar-refractivity contribution in [3.63, 3.8) is 0 Å². The monoisotopic (exact) mass is 408 g/mol. The number of hydrogen-bond donors (Lipinski definition) is 2. The van der Waals surface area contributed by atoms with Gasteiger partial charge in [-0.05, 0) is 49.7 Å². The Morgan fingerprint density at radius 3 is 2.59 bits per heavy atom. The van der Waals surface area contributed by atoms with Gasteiger partial charge in [0.25, 0.3) is 5.91 Å². The number of carbonyl (C=O) groups is 2. The van der Waals surface area contributed by atoms with Crippen LogP contribution >= 0.6 is 23.2 Å². The maximum atomic E-state index is 13.4. The van der Waals surface area contributed by atoms with Crippen LogP contribution in [0.3, 0.4) is 0 Å². The minimum Gasteiger partial charge on any atom is -0.352 e. The molecule has 2 rings (SSSR count). The molecule has 7 heteroatoms. The van der Waals surface area contributed by atoms with Crippen molar-refractivity contribution in [1.82, 2.24) is 5.32 Å².